The molecule has 3 rings (SSSR count). The molecule has 0 atom stereocenters. The predicted molar refractivity (Wildman–Crippen MR) is 138 cm³/mol. The van der Waals surface area contributed by atoms with Crippen molar-refractivity contribution in [1.82, 2.24) is 5.32 Å². The van der Waals surface area contributed by atoms with Crippen LogP contribution in [-0.2, 0) is 4.74 Å². The molecular weight excluding hydrogens is 493 g/mol. The molecule has 0 bridgehead atoms. The molecule has 7 nitrogen and oxygen atoms in total. The summed E-state index contributed by atoms with van der Waals surface area (Å²) in [4.78, 5) is 25.1. The zero-order valence-electron chi connectivity index (χ0n) is 18.8. The van der Waals surface area contributed by atoms with E-state index in [9.17, 15) is 14.0 Å². The van der Waals surface area contributed by atoms with Crippen molar-refractivity contribution in [2.75, 3.05) is 30.5 Å². The number of rotatable bonds is 9. The second-order valence-electron chi connectivity index (χ2n) is 7.15. The Morgan fingerprint density at radius 2 is 1.63 bits per heavy atom. The first-order valence-corrected chi connectivity index (χ1v) is 11.4. The van der Waals surface area contributed by atoms with Gasteiger partial charge in [-0.1, -0.05) is 23.7 Å². The molecule has 3 aromatic rings. The van der Waals surface area contributed by atoms with Gasteiger partial charge in [0.25, 0.3) is 11.8 Å². The average Bonchev–Trinajstić information content (AvgIpc) is 2.84. The van der Waals surface area contributed by atoms with Crippen LogP contribution in [0.3, 0.4) is 0 Å². The van der Waals surface area contributed by atoms with Gasteiger partial charge in [-0.05, 0) is 73.7 Å². The predicted octanol–water partition coefficient (Wildman–Crippen LogP) is 5.27. The monoisotopic (exact) mass is 515 g/mol. The van der Waals surface area contributed by atoms with Crippen molar-refractivity contribution < 1.29 is 23.5 Å². The second kappa shape index (κ2) is 12.8. The third-order valence-corrected chi connectivity index (χ3v) is 5.08. The molecule has 0 unspecified atom stereocenters. The van der Waals surface area contributed by atoms with Crippen LogP contribution in [0.4, 0.5) is 15.8 Å². The second-order valence-corrected chi connectivity index (χ2v) is 7.96. The van der Waals surface area contributed by atoms with Gasteiger partial charge in [0.15, 0.2) is 5.11 Å². The largest absolute Gasteiger partial charge is 0.491 e. The maximum atomic E-state index is 13.3. The Bertz CT molecular complexity index is 1220. The fraction of sp³-hybridized carbons (Fsp3) is 0.160. The number of thiocarbonyl (C=S) groups is 1. The number of nitrogens with one attached hydrogen (secondary N) is 3. The lowest BCUT2D eigenvalue weighted by Gasteiger charge is -2.12. The number of halogens is 2. The molecule has 3 aromatic carbocycles. The molecule has 0 aromatic heterocycles. The van der Waals surface area contributed by atoms with Gasteiger partial charge in [0, 0.05) is 29.1 Å². The molecular formula is C25H23ClFN3O4S. The Morgan fingerprint density at radius 3 is 2.37 bits per heavy atom. The van der Waals surface area contributed by atoms with E-state index in [1.807, 2.05) is 6.92 Å². The Balaban J connectivity index is 1.57. The van der Waals surface area contributed by atoms with E-state index >= 15 is 0 Å². The smallest absolute Gasteiger partial charge is 0.257 e. The van der Waals surface area contributed by atoms with Gasteiger partial charge in [-0.15, -0.1) is 0 Å². The molecule has 2 amide bonds. The number of amides is 2. The first-order valence-electron chi connectivity index (χ1n) is 10.6. The van der Waals surface area contributed by atoms with Crippen LogP contribution < -0.4 is 20.7 Å². The Labute approximate surface area is 212 Å². The van der Waals surface area contributed by atoms with Crippen LogP contribution in [-0.4, -0.2) is 36.7 Å². The molecule has 0 aliphatic carbocycles. The zero-order chi connectivity index (χ0) is 25.2. The van der Waals surface area contributed by atoms with Crippen molar-refractivity contribution >= 4 is 52.1 Å². The quantitative estimate of drug-likeness (QED) is 0.266. The lowest BCUT2D eigenvalue weighted by Crippen LogP contribution is -2.34. The summed E-state index contributed by atoms with van der Waals surface area (Å²) >= 11 is 11.0. The number of hydrogen-bond donors (Lipinski definition) is 3. The minimum absolute atomic E-state index is 0.0561. The van der Waals surface area contributed by atoms with Crippen molar-refractivity contribution in [2.45, 2.75) is 6.92 Å². The molecule has 0 saturated carbocycles. The van der Waals surface area contributed by atoms with Gasteiger partial charge >= 0.3 is 0 Å². The molecule has 10 heteroatoms. The molecule has 0 aliphatic heterocycles. The summed E-state index contributed by atoms with van der Waals surface area (Å²) < 4.78 is 24.1. The van der Waals surface area contributed by atoms with Crippen molar-refractivity contribution in [3.63, 3.8) is 0 Å². The molecule has 182 valence electrons. The van der Waals surface area contributed by atoms with E-state index in [4.69, 9.17) is 33.3 Å². The summed E-state index contributed by atoms with van der Waals surface area (Å²) in [6.07, 6.45) is 0. The van der Waals surface area contributed by atoms with Gasteiger partial charge < -0.3 is 20.1 Å². The number of carbonyl (C=O) groups is 2. The van der Waals surface area contributed by atoms with Crippen LogP contribution in [0, 0.1) is 5.82 Å². The average molecular weight is 516 g/mol. The Hall–Kier alpha value is -3.53. The molecule has 0 heterocycles. The first-order chi connectivity index (χ1) is 16.9. The van der Waals surface area contributed by atoms with Gasteiger partial charge in [-0.25, -0.2) is 4.39 Å². The highest BCUT2D eigenvalue weighted by molar-refractivity contribution is 7.80. The van der Waals surface area contributed by atoms with Crippen molar-refractivity contribution in [3.8, 4) is 5.75 Å². The van der Waals surface area contributed by atoms with E-state index in [1.54, 1.807) is 48.5 Å². The van der Waals surface area contributed by atoms with Crippen LogP contribution >= 0.6 is 23.8 Å². The van der Waals surface area contributed by atoms with Crippen molar-refractivity contribution in [3.05, 3.63) is 88.7 Å². The van der Waals surface area contributed by atoms with E-state index in [2.05, 4.69) is 16.0 Å². The molecule has 0 spiro atoms. The topological polar surface area (TPSA) is 88.7 Å². The third-order valence-electron chi connectivity index (χ3n) is 4.58. The SMILES string of the molecule is CCOCCOc1cccc(C(=O)NC(=S)Nc2cccc(C(=O)Nc3ccc(F)c(Cl)c3)c2)c1. The van der Waals surface area contributed by atoms with Crippen LogP contribution in [0.1, 0.15) is 27.6 Å². The fourth-order valence-electron chi connectivity index (χ4n) is 2.94. The number of carbonyl (C=O) groups excluding carboxylic acids is 2. The van der Waals surface area contributed by atoms with Gasteiger partial charge in [-0.3, -0.25) is 14.9 Å². The first kappa shape index (κ1) is 26.1. The lowest BCUT2D eigenvalue weighted by atomic mass is 10.2. The summed E-state index contributed by atoms with van der Waals surface area (Å²) in [6, 6.07) is 17.1. The molecule has 35 heavy (non-hydrogen) atoms. The highest BCUT2D eigenvalue weighted by Crippen LogP contribution is 2.20. The lowest BCUT2D eigenvalue weighted by molar-refractivity contribution is 0.0974. The maximum Gasteiger partial charge on any atom is 0.257 e. The van der Waals surface area contributed by atoms with E-state index in [0.717, 1.165) is 0 Å². The van der Waals surface area contributed by atoms with Crippen molar-refractivity contribution in [2.24, 2.45) is 0 Å². The molecule has 0 saturated heterocycles. The zero-order valence-corrected chi connectivity index (χ0v) is 20.3. The number of ether oxygens (including phenoxy) is 2. The summed E-state index contributed by atoms with van der Waals surface area (Å²) in [5, 5.41) is 8.09. The number of benzene rings is 3. The third kappa shape index (κ3) is 8.03. The van der Waals surface area contributed by atoms with Crippen LogP contribution in [0.25, 0.3) is 0 Å². The molecule has 0 aliphatic rings. The van der Waals surface area contributed by atoms with E-state index in [0.29, 0.717) is 48.1 Å². The maximum absolute atomic E-state index is 13.3. The number of hydrogen-bond acceptors (Lipinski definition) is 5. The van der Waals surface area contributed by atoms with Gasteiger partial charge in [0.05, 0.1) is 11.6 Å². The molecule has 0 radical (unpaired) electrons. The summed E-state index contributed by atoms with van der Waals surface area (Å²) in [5.74, 6) is -0.878. The van der Waals surface area contributed by atoms with Crippen LogP contribution in [0.5, 0.6) is 5.75 Å². The fourth-order valence-corrected chi connectivity index (χ4v) is 3.33. The van der Waals surface area contributed by atoms with E-state index in [1.165, 1.54) is 18.2 Å². The van der Waals surface area contributed by atoms with E-state index in [-0.39, 0.29) is 10.1 Å². The standard InChI is InChI=1S/C25H23ClFN3O4S/c1-2-33-11-12-34-20-8-4-6-17(14-20)24(32)30-25(35)29-18-7-3-5-16(13-18)23(31)28-19-9-10-22(27)21(26)15-19/h3-10,13-15H,2,11-12H2,1H3,(H,28,31)(H2,29,30,32,35). The van der Waals surface area contributed by atoms with Crippen LogP contribution in [0.15, 0.2) is 66.7 Å². The summed E-state index contributed by atoms with van der Waals surface area (Å²) in [7, 11) is 0. The summed E-state index contributed by atoms with van der Waals surface area (Å²) in [6.45, 7) is 3.33. The molecule has 0 fully saturated rings. The van der Waals surface area contributed by atoms with Gasteiger partial charge in [0.1, 0.15) is 18.2 Å². The highest BCUT2D eigenvalue weighted by atomic mass is 35.5. The number of anilines is 2. The minimum atomic E-state index is -0.577. The van der Waals surface area contributed by atoms with E-state index < -0.39 is 17.6 Å². The Kier molecular flexibility index (Phi) is 9.54. The Morgan fingerprint density at radius 1 is 0.914 bits per heavy atom. The van der Waals surface area contributed by atoms with Gasteiger partial charge in [0.2, 0.25) is 0 Å². The summed E-state index contributed by atoms with van der Waals surface area (Å²) in [5.41, 5.74) is 1.54. The normalized spacial score (nSPS) is 10.4. The molecule has 3 N–H and O–H groups in total. The van der Waals surface area contributed by atoms with Crippen molar-refractivity contribution in [1.29, 1.82) is 0 Å². The van der Waals surface area contributed by atoms with Crippen LogP contribution in [0.2, 0.25) is 5.02 Å². The highest BCUT2D eigenvalue weighted by Gasteiger charge is 2.12. The van der Waals surface area contributed by atoms with Gasteiger partial charge in [-0.2, -0.15) is 0 Å². The minimum Gasteiger partial charge on any atom is -0.491 e.